The number of rotatable bonds is 6. The van der Waals surface area contributed by atoms with Crippen LogP contribution in [0, 0.1) is 0 Å². The number of nitrogens with one attached hydrogen (secondary N) is 1. The maximum Gasteiger partial charge on any atom is 0.488 e. The quantitative estimate of drug-likeness (QED) is 0.391. The molecule has 1 atom stereocenters. The minimum atomic E-state index is -1.51. The molecule has 35 heavy (non-hydrogen) atoms. The van der Waals surface area contributed by atoms with Crippen molar-refractivity contribution in [1.29, 1.82) is 0 Å². The monoisotopic (exact) mass is 472 g/mol. The Morgan fingerprint density at radius 3 is 2.77 bits per heavy atom. The highest BCUT2D eigenvalue weighted by molar-refractivity contribution is 6.58. The summed E-state index contributed by atoms with van der Waals surface area (Å²) in [5.74, 6) is 0.935. The standard InChI is InChI=1S/C25H29BN6O3/c1-15-11-19-18(23(27)33)7-4-8-22(19)32(15)25-29-21-9-10-31(2)14-20(21)24(30-25)28-13-16-5-3-6-17(12-16)26(34)35/h3-8,12,15,34-35H,9-11,13-14H2,1-2H3,(H2,27,33)(H,28,29,30). The van der Waals surface area contributed by atoms with Gasteiger partial charge in [-0.3, -0.25) is 4.79 Å². The molecule has 0 radical (unpaired) electrons. The van der Waals surface area contributed by atoms with Crippen molar-refractivity contribution in [2.75, 3.05) is 23.8 Å². The number of amides is 1. The third-order valence-electron chi connectivity index (χ3n) is 6.78. The van der Waals surface area contributed by atoms with Crippen molar-refractivity contribution >= 4 is 35.9 Å². The Kier molecular flexibility index (Phi) is 6.18. The number of nitrogens with two attached hydrogens (primary N) is 1. The van der Waals surface area contributed by atoms with Crippen molar-refractivity contribution < 1.29 is 14.8 Å². The van der Waals surface area contributed by atoms with Crippen LogP contribution in [0.1, 0.15) is 39.7 Å². The summed E-state index contributed by atoms with van der Waals surface area (Å²) in [4.78, 5) is 26.3. The Labute approximate surface area is 204 Å². The zero-order valence-corrected chi connectivity index (χ0v) is 19.9. The van der Waals surface area contributed by atoms with Crippen molar-refractivity contribution in [1.82, 2.24) is 14.9 Å². The zero-order valence-electron chi connectivity index (χ0n) is 19.9. The van der Waals surface area contributed by atoms with Gasteiger partial charge in [0.15, 0.2) is 0 Å². The van der Waals surface area contributed by atoms with Gasteiger partial charge < -0.3 is 30.9 Å². The summed E-state index contributed by atoms with van der Waals surface area (Å²) in [6.07, 6.45) is 1.51. The van der Waals surface area contributed by atoms with E-state index in [4.69, 9.17) is 15.7 Å². The molecule has 180 valence electrons. The van der Waals surface area contributed by atoms with E-state index in [9.17, 15) is 14.8 Å². The van der Waals surface area contributed by atoms with Crippen LogP contribution in [0.2, 0.25) is 0 Å². The van der Waals surface area contributed by atoms with Gasteiger partial charge in [0.1, 0.15) is 5.82 Å². The lowest BCUT2D eigenvalue weighted by molar-refractivity contribution is 0.0999. The first-order valence-corrected chi connectivity index (χ1v) is 11.8. The molecule has 0 bridgehead atoms. The van der Waals surface area contributed by atoms with Crippen LogP contribution in [-0.4, -0.2) is 57.6 Å². The molecular weight excluding hydrogens is 443 g/mol. The van der Waals surface area contributed by atoms with Crippen LogP contribution >= 0.6 is 0 Å². The lowest BCUT2D eigenvalue weighted by Crippen LogP contribution is -2.32. The molecule has 0 saturated carbocycles. The molecule has 2 aliphatic rings. The predicted octanol–water partition coefficient (Wildman–Crippen LogP) is 0.938. The van der Waals surface area contributed by atoms with Gasteiger partial charge in [-0.05, 0) is 49.1 Å². The molecule has 3 heterocycles. The molecule has 2 aliphatic heterocycles. The highest BCUT2D eigenvalue weighted by Gasteiger charge is 2.33. The Hall–Kier alpha value is -3.47. The molecule has 9 nitrogen and oxygen atoms in total. The summed E-state index contributed by atoms with van der Waals surface area (Å²) in [5, 5.41) is 22.5. The van der Waals surface area contributed by atoms with Gasteiger partial charge in [-0.25, -0.2) is 4.98 Å². The molecule has 1 aromatic heterocycles. The van der Waals surface area contributed by atoms with E-state index in [1.165, 1.54) is 0 Å². The Morgan fingerprint density at radius 1 is 1.20 bits per heavy atom. The van der Waals surface area contributed by atoms with E-state index in [0.29, 0.717) is 29.9 Å². The maximum atomic E-state index is 12.0. The number of carbonyl (C=O) groups excluding carboxylic acids is 1. The number of anilines is 3. The predicted molar refractivity (Wildman–Crippen MR) is 136 cm³/mol. The number of benzene rings is 2. The number of fused-ring (bicyclic) bond motifs is 2. The van der Waals surface area contributed by atoms with Crippen LogP contribution in [0.15, 0.2) is 42.5 Å². The number of primary amides is 1. The van der Waals surface area contributed by atoms with E-state index < -0.39 is 13.0 Å². The van der Waals surface area contributed by atoms with Gasteiger partial charge in [0.25, 0.3) is 0 Å². The van der Waals surface area contributed by atoms with E-state index in [-0.39, 0.29) is 6.04 Å². The van der Waals surface area contributed by atoms with Crippen LogP contribution in [-0.2, 0) is 25.9 Å². The number of hydrogen-bond donors (Lipinski definition) is 4. The van der Waals surface area contributed by atoms with Crippen LogP contribution in [0.5, 0.6) is 0 Å². The first-order chi connectivity index (χ1) is 16.8. The first kappa shape index (κ1) is 23.3. The van der Waals surface area contributed by atoms with Gasteiger partial charge in [0, 0.05) is 48.9 Å². The fourth-order valence-electron chi connectivity index (χ4n) is 5.01. The minimum absolute atomic E-state index is 0.0744. The third-order valence-corrected chi connectivity index (χ3v) is 6.78. The molecular formula is C25H29BN6O3. The van der Waals surface area contributed by atoms with Crippen molar-refractivity contribution in [3.63, 3.8) is 0 Å². The second-order valence-electron chi connectivity index (χ2n) is 9.35. The van der Waals surface area contributed by atoms with Gasteiger partial charge in [-0.15, -0.1) is 0 Å². The van der Waals surface area contributed by atoms with Gasteiger partial charge in [-0.1, -0.05) is 30.3 Å². The summed E-state index contributed by atoms with van der Waals surface area (Å²) in [5.41, 5.74) is 11.5. The van der Waals surface area contributed by atoms with E-state index in [2.05, 4.69) is 29.1 Å². The first-order valence-electron chi connectivity index (χ1n) is 11.8. The largest absolute Gasteiger partial charge is 0.488 e. The summed E-state index contributed by atoms with van der Waals surface area (Å²) < 4.78 is 0. The van der Waals surface area contributed by atoms with Gasteiger partial charge in [0.2, 0.25) is 11.9 Å². The average molecular weight is 472 g/mol. The number of aromatic nitrogens is 2. The fraction of sp³-hybridized carbons (Fsp3) is 0.320. The van der Waals surface area contributed by atoms with Crippen molar-refractivity contribution in [3.8, 4) is 0 Å². The highest BCUT2D eigenvalue weighted by atomic mass is 16.4. The molecule has 3 aromatic rings. The van der Waals surface area contributed by atoms with Crippen molar-refractivity contribution in [3.05, 3.63) is 70.4 Å². The van der Waals surface area contributed by atoms with Crippen molar-refractivity contribution in [2.24, 2.45) is 5.73 Å². The fourth-order valence-corrected chi connectivity index (χ4v) is 5.01. The number of likely N-dealkylation sites (N-methyl/N-ethyl adjacent to an activating group) is 1. The lowest BCUT2D eigenvalue weighted by Gasteiger charge is -2.29. The summed E-state index contributed by atoms with van der Waals surface area (Å²) in [6, 6.07) is 12.9. The third kappa shape index (κ3) is 4.48. The number of nitrogens with zero attached hydrogens (tertiary/aromatic N) is 4. The zero-order chi connectivity index (χ0) is 24.7. The molecule has 1 amide bonds. The lowest BCUT2D eigenvalue weighted by atomic mass is 9.79. The molecule has 0 spiro atoms. The molecule has 0 fully saturated rings. The minimum Gasteiger partial charge on any atom is -0.423 e. The van der Waals surface area contributed by atoms with E-state index >= 15 is 0 Å². The molecule has 2 aromatic carbocycles. The summed E-state index contributed by atoms with van der Waals surface area (Å²) in [7, 11) is 0.570. The smallest absolute Gasteiger partial charge is 0.423 e. The second kappa shape index (κ2) is 9.29. The molecule has 5 rings (SSSR count). The normalized spacial score (nSPS) is 17.1. The van der Waals surface area contributed by atoms with E-state index in [0.717, 1.165) is 53.4 Å². The Morgan fingerprint density at radius 2 is 2.00 bits per heavy atom. The maximum absolute atomic E-state index is 12.0. The summed E-state index contributed by atoms with van der Waals surface area (Å²) >= 11 is 0. The van der Waals surface area contributed by atoms with E-state index in [1.54, 1.807) is 24.3 Å². The molecule has 0 saturated heterocycles. The summed E-state index contributed by atoms with van der Waals surface area (Å²) in [6.45, 7) is 4.23. The van der Waals surface area contributed by atoms with E-state index in [1.807, 2.05) is 18.2 Å². The van der Waals surface area contributed by atoms with Gasteiger partial charge >= 0.3 is 7.12 Å². The SMILES string of the molecule is CC1Cc2c(C(N)=O)cccc2N1c1nc2c(c(NCc3cccc(B(O)O)c3)n1)CN(C)CC2. The molecule has 5 N–H and O–H groups in total. The second-order valence-corrected chi connectivity index (χ2v) is 9.35. The average Bonchev–Trinajstić information content (AvgIpc) is 3.18. The molecule has 10 heteroatoms. The van der Waals surface area contributed by atoms with Crippen LogP contribution < -0.4 is 21.4 Å². The number of carbonyl (C=O) groups is 1. The van der Waals surface area contributed by atoms with Crippen molar-refractivity contribution in [2.45, 2.75) is 38.9 Å². The van der Waals surface area contributed by atoms with Crippen LogP contribution in [0.25, 0.3) is 0 Å². The Bertz CT molecular complexity index is 1280. The number of hydrogen-bond acceptors (Lipinski definition) is 8. The molecule has 1 unspecified atom stereocenters. The van der Waals surface area contributed by atoms with Crippen LogP contribution in [0.3, 0.4) is 0 Å². The van der Waals surface area contributed by atoms with Crippen LogP contribution in [0.4, 0.5) is 17.5 Å². The topological polar surface area (TPSA) is 128 Å². The molecule has 0 aliphatic carbocycles. The Balaban J connectivity index is 1.52. The van der Waals surface area contributed by atoms with Gasteiger partial charge in [-0.2, -0.15) is 4.98 Å². The highest BCUT2D eigenvalue weighted by Crippen LogP contribution is 2.39. The van der Waals surface area contributed by atoms with Gasteiger partial charge in [0.05, 0.1) is 5.69 Å².